The van der Waals surface area contributed by atoms with E-state index in [1.165, 1.54) is 24.3 Å². The first-order chi connectivity index (χ1) is 16.3. The number of rotatable bonds is 4. The molecule has 0 aliphatic heterocycles. The Bertz CT molecular complexity index is 1460. The standard InChI is InChI=1S/C28H18F6/c1-2-3-4-16-5-8-18(22(29)11-16)9-6-17-7-10-21(23(30)12-17)19-13-20-15-25(32)27(33)28(34)26(20)24(31)14-19/h5,7-8,10-15H,2-4H2,1H3. The molecule has 0 bridgehead atoms. The predicted octanol–water partition coefficient (Wildman–Crippen LogP) is 8.08. The summed E-state index contributed by atoms with van der Waals surface area (Å²) in [6, 6.07) is 11.4. The molecule has 172 valence electrons. The number of unbranched alkanes of at least 4 members (excludes halogenated alkanes) is 1. The van der Waals surface area contributed by atoms with Crippen molar-refractivity contribution in [1.82, 2.24) is 0 Å². The third-order valence-corrected chi connectivity index (χ3v) is 5.50. The molecule has 0 saturated carbocycles. The first kappa shape index (κ1) is 23.4. The number of benzene rings is 4. The quantitative estimate of drug-likeness (QED) is 0.161. The van der Waals surface area contributed by atoms with Crippen molar-refractivity contribution in [3.63, 3.8) is 0 Å². The summed E-state index contributed by atoms with van der Waals surface area (Å²) in [5, 5.41) is -0.958. The topological polar surface area (TPSA) is 0 Å². The minimum Gasteiger partial charge on any atom is -0.206 e. The monoisotopic (exact) mass is 468 g/mol. The Hall–Kier alpha value is -3.72. The molecule has 0 unspecified atom stereocenters. The van der Waals surface area contributed by atoms with E-state index in [9.17, 15) is 26.3 Å². The van der Waals surface area contributed by atoms with E-state index < -0.39 is 40.3 Å². The number of fused-ring (bicyclic) bond motifs is 1. The first-order valence-electron chi connectivity index (χ1n) is 10.7. The number of halogens is 6. The Labute approximate surface area is 192 Å². The minimum absolute atomic E-state index is 0.0149. The molecule has 0 aromatic heterocycles. The Kier molecular flexibility index (Phi) is 6.65. The lowest BCUT2D eigenvalue weighted by molar-refractivity contribution is 0.451. The highest BCUT2D eigenvalue weighted by atomic mass is 19.2. The van der Waals surface area contributed by atoms with Gasteiger partial charge in [0.25, 0.3) is 0 Å². The molecule has 0 radical (unpaired) electrons. The zero-order valence-corrected chi connectivity index (χ0v) is 18.1. The van der Waals surface area contributed by atoms with E-state index in [4.69, 9.17) is 0 Å². The highest BCUT2D eigenvalue weighted by Crippen LogP contribution is 2.32. The minimum atomic E-state index is -1.78. The van der Waals surface area contributed by atoms with Crippen molar-refractivity contribution in [2.45, 2.75) is 26.2 Å². The van der Waals surface area contributed by atoms with Crippen LogP contribution >= 0.6 is 0 Å². The van der Waals surface area contributed by atoms with Crippen molar-refractivity contribution in [2.75, 3.05) is 0 Å². The molecule has 6 heteroatoms. The molecular formula is C28H18F6. The average Bonchev–Trinajstić information content (AvgIpc) is 2.80. The summed E-state index contributed by atoms with van der Waals surface area (Å²) in [5.41, 5.74) is 1.29. The van der Waals surface area contributed by atoms with E-state index in [1.54, 1.807) is 12.1 Å². The van der Waals surface area contributed by atoms with Crippen molar-refractivity contribution in [3.8, 4) is 23.0 Å². The van der Waals surface area contributed by atoms with Crippen molar-refractivity contribution >= 4 is 10.8 Å². The van der Waals surface area contributed by atoms with Gasteiger partial charge in [-0.1, -0.05) is 37.3 Å². The maximum Gasteiger partial charge on any atom is 0.195 e. The van der Waals surface area contributed by atoms with Crippen LogP contribution in [0.5, 0.6) is 0 Å². The Morgan fingerprint density at radius 2 is 1.47 bits per heavy atom. The van der Waals surface area contributed by atoms with Crippen LogP contribution in [0.3, 0.4) is 0 Å². The van der Waals surface area contributed by atoms with Gasteiger partial charge < -0.3 is 0 Å². The summed E-state index contributed by atoms with van der Waals surface area (Å²) in [6.07, 6.45) is 2.73. The summed E-state index contributed by atoms with van der Waals surface area (Å²) < 4.78 is 84.5. The molecule has 0 amide bonds. The second-order valence-corrected chi connectivity index (χ2v) is 7.90. The van der Waals surface area contributed by atoms with Gasteiger partial charge in [0.05, 0.1) is 10.9 Å². The van der Waals surface area contributed by atoms with Crippen LogP contribution in [-0.4, -0.2) is 0 Å². The van der Waals surface area contributed by atoms with Crippen molar-refractivity contribution in [1.29, 1.82) is 0 Å². The molecule has 4 rings (SSSR count). The van der Waals surface area contributed by atoms with Crippen LogP contribution in [-0.2, 0) is 6.42 Å². The summed E-state index contributed by atoms with van der Waals surface area (Å²) >= 11 is 0. The number of hydrogen-bond donors (Lipinski definition) is 0. The van der Waals surface area contributed by atoms with Gasteiger partial charge in [-0.3, -0.25) is 0 Å². The van der Waals surface area contributed by atoms with Gasteiger partial charge in [0, 0.05) is 11.1 Å². The summed E-state index contributed by atoms with van der Waals surface area (Å²) in [6.45, 7) is 2.05. The van der Waals surface area contributed by atoms with E-state index in [0.29, 0.717) is 6.07 Å². The van der Waals surface area contributed by atoms with Gasteiger partial charge in [-0.2, -0.15) is 0 Å². The van der Waals surface area contributed by atoms with Gasteiger partial charge >= 0.3 is 0 Å². The lowest BCUT2D eigenvalue weighted by Gasteiger charge is -2.09. The molecule has 0 fully saturated rings. The molecule has 4 aromatic carbocycles. The lowest BCUT2D eigenvalue weighted by Crippen LogP contribution is -1.96. The third-order valence-electron chi connectivity index (χ3n) is 5.50. The molecule has 0 spiro atoms. The highest BCUT2D eigenvalue weighted by molar-refractivity contribution is 5.88. The number of aryl methyl sites for hydroxylation is 1. The molecule has 0 N–H and O–H groups in total. The smallest absolute Gasteiger partial charge is 0.195 e. The summed E-state index contributed by atoms with van der Waals surface area (Å²) in [4.78, 5) is 0. The van der Waals surface area contributed by atoms with Crippen LogP contribution in [0.25, 0.3) is 21.9 Å². The fraction of sp³-hybridized carbons (Fsp3) is 0.143. The van der Waals surface area contributed by atoms with Gasteiger partial charge in [0.1, 0.15) is 17.5 Å². The Balaban J connectivity index is 1.65. The molecule has 0 atom stereocenters. The fourth-order valence-corrected chi connectivity index (χ4v) is 3.71. The van der Waals surface area contributed by atoms with E-state index in [1.807, 2.05) is 0 Å². The molecule has 0 aliphatic rings. The second-order valence-electron chi connectivity index (χ2n) is 7.90. The predicted molar refractivity (Wildman–Crippen MR) is 120 cm³/mol. The van der Waals surface area contributed by atoms with Gasteiger partial charge in [0.2, 0.25) is 0 Å². The zero-order chi connectivity index (χ0) is 24.4. The van der Waals surface area contributed by atoms with Crippen molar-refractivity contribution < 1.29 is 26.3 Å². The summed E-state index contributed by atoms with van der Waals surface area (Å²) in [5.74, 6) is -1.88. The zero-order valence-electron chi connectivity index (χ0n) is 18.1. The molecule has 4 aromatic rings. The lowest BCUT2D eigenvalue weighted by atomic mass is 9.98. The van der Waals surface area contributed by atoms with Crippen molar-refractivity contribution in [3.05, 3.63) is 106 Å². The van der Waals surface area contributed by atoms with Crippen LogP contribution in [0.15, 0.2) is 54.6 Å². The fourth-order valence-electron chi connectivity index (χ4n) is 3.71. The van der Waals surface area contributed by atoms with Crippen LogP contribution < -0.4 is 0 Å². The Morgan fingerprint density at radius 3 is 2.18 bits per heavy atom. The van der Waals surface area contributed by atoms with E-state index in [2.05, 4.69) is 18.8 Å². The van der Waals surface area contributed by atoms with Crippen LogP contribution in [0, 0.1) is 46.7 Å². The molecule has 0 heterocycles. The van der Waals surface area contributed by atoms with Gasteiger partial charge in [-0.25, -0.2) is 26.3 Å². The highest BCUT2D eigenvalue weighted by Gasteiger charge is 2.18. The van der Waals surface area contributed by atoms with Crippen LogP contribution in [0.2, 0.25) is 0 Å². The molecule has 34 heavy (non-hydrogen) atoms. The van der Waals surface area contributed by atoms with Gasteiger partial charge in [-0.05, 0) is 71.8 Å². The maximum atomic E-state index is 14.8. The van der Waals surface area contributed by atoms with Crippen LogP contribution in [0.4, 0.5) is 26.3 Å². The van der Waals surface area contributed by atoms with Crippen LogP contribution in [0.1, 0.15) is 36.5 Å². The second kappa shape index (κ2) is 9.64. The molecule has 0 saturated heterocycles. The van der Waals surface area contributed by atoms with E-state index >= 15 is 0 Å². The SMILES string of the molecule is CCCCc1ccc(C#Cc2ccc(-c3cc(F)c4c(F)c(F)c(F)cc4c3)c(F)c2)c(F)c1. The molecule has 0 nitrogen and oxygen atoms in total. The van der Waals surface area contributed by atoms with E-state index in [-0.39, 0.29) is 27.6 Å². The average molecular weight is 468 g/mol. The third kappa shape index (κ3) is 4.65. The van der Waals surface area contributed by atoms with Gasteiger partial charge in [0.15, 0.2) is 17.5 Å². The maximum absolute atomic E-state index is 14.8. The van der Waals surface area contributed by atoms with Gasteiger partial charge in [-0.15, -0.1) is 0 Å². The van der Waals surface area contributed by atoms with Crippen molar-refractivity contribution in [2.24, 2.45) is 0 Å². The molecule has 0 aliphatic carbocycles. The summed E-state index contributed by atoms with van der Waals surface area (Å²) in [7, 11) is 0. The first-order valence-corrected chi connectivity index (χ1v) is 10.7. The normalized spacial score (nSPS) is 10.9. The van der Waals surface area contributed by atoms with E-state index in [0.717, 1.165) is 37.0 Å². The largest absolute Gasteiger partial charge is 0.206 e. The molecular weight excluding hydrogens is 450 g/mol. The Morgan fingerprint density at radius 1 is 0.676 bits per heavy atom. The number of hydrogen-bond acceptors (Lipinski definition) is 0.